The summed E-state index contributed by atoms with van der Waals surface area (Å²) >= 11 is 5.70. The predicted molar refractivity (Wildman–Crippen MR) is 95.6 cm³/mol. The van der Waals surface area contributed by atoms with Gasteiger partial charge in [0.25, 0.3) is 0 Å². The first kappa shape index (κ1) is 19.9. The van der Waals surface area contributed by atoms with Gasteiger partial charge in [-0.05, 0) is 12.1 Å². The Kier molecular flexibility index (Phi) is 6.74. The van der Waals surface area contributed by atoms with Crippen LogP contribution >= 0.6 is 11.6 Å². The summed E-state index contributed by atoms with van der Waals surface area (Å²) in [5.74, 6) is -1.59. The Hall–Kier alpha value is -2.41. The van der Waals surface area contributed by atoms with Crippen LogP contribution in [0.1, 0.15) is 12.0 Å². The van der Waals surface area contributed by atoms with Crippen molar-refractivity contribution >= 4 is 23.4 Å². The van der Waals surface area contributed by atoms with E-state index in [0.29, 0.717) is 5.70 Å². The smallest absolute Gasteiger partial charge is 0.243 e. The number of nitrogens with zero attached hydrogens (tertiary/aromatic N) is 1. The van der Waals surface area contributed by atoms with E-state index >= 15 is 0 Å². The van der Waals surface area contributed by atoms with Gasteiger partial charge in [-0.15, -0.1) is 0 Å². The van der Waals surface area contributed by atoms with Crippen molar-refractivity contribution in [2.75, 3.05) is 13.1 Å². The molecule has 140 valence electrons. The Labute approximate surface area is 155 Å². The van der Waals surface area contributed by atoms with Gasteiger partial charge in [0, 0.05) is 24.2 Å². The van der Waals surface area contributed by atoms with Gasteiger partial charge in [0.1, 0.15) is 18.0 Å². The van der Waals surface area contributed by atoms with Crippen molar-refractivity contribution in [2.24, 2.45) is 0 Å². The van der Waals surface area contributed by atoms with Crippen molar-refractivity contribution in [3.05, 3.63) is 59.5 Å². The molecule has 0 bridgehead atoms. The highest BCUT2D eigenvalue weighted by Gasteiger charge is 2.39. The first-order chi connectivity index (χ1) is 12.3. The Bertz CT molecular complexity index is 726. The molecule has 5 nitrogen and oxygen atoms in total. The molecule has 1 aromatic carbocycles. The molecule has 2 N–H and O–H groups in total. The van der Waals surface area contributed by atoms with Crippen LogP contribution in [0.15, 0.2) is 43.1 Å². The summed E-state index contributed by atoms with van der Waals surface area (Å²) in [7, 11) is 0. The van der Waals surface area contributed by atoms with Crippen LogP contribution in [0.4, 0.5) is 8.78 Å². The third-order valence-corrected chi connectivity index (χ3v) is 4.36. The molecule has 2 rings (SSSR count). The molecule has 1 fully saturated rings. The van der Waals surface area contributed by atoms with E-state index in [9.17, 15) is 18.4 Å². The summed E-state index contributed by atoms with van der Waals surface area (Å²) < 4.78 is 27.7. The number of benzene rings is 1. The lowest BCUT2D eigenvalue weighted by Gasteiger charge is -2.24. The monoisotopic (exact) mass is 383 g/mol. The van der Waals surface area contributed by atoms with E-state index in [2.05, 4.69) is 23.8 Å². The van der Waals surface area contributed by atoms with Crippen LogP contribution in [0.2, 0.25) is 5.02 Å². The zero-order valence-corrected chi connectivity index (χ0v) is 14.9. The number of hydrogen-bond donors (Lipinski definition) is 2. The lowest BCUT2D eigenvalue weighted by atomic mass is 10.1. The zero-order valence-electron chi connectivity index (χ0n) is 14.1. The van der Waals surface area contributed by atoms with Gasteiger partial charge in [-0.2, -0.15) is 0 Å². The van der Waals surface area contributed by atoms with Crippen molar-refractivity contribution in [3.63, 3.8) is 0 Å². The maximum absolute atomic E-state index is 13.9. The summed E-state index contributed by atoms with van der Waals surface area (Å²) in [6.07, 6.45) is 0.0527. The minimum atomic E-state index is -1.29. The quantitative estimate of drug-likeness (QED) is 0.710. The molecule has 1 aliphatic rings. The number of allylic oxidation sites excluding steroid dienone is 1. The van der Waals surface area contributed by atoms with Crippen LogP contribution in [0, 0.1) is 5.82 Å². The molecule has 0 aliphatic carbocycles. The molecular weight excluding hydrogens is 364 g/mol. The van der Waals surface area contributed by atoms with Gasteiger partial charge in [-0.3, -0.25) is 9.59 Å². The second-order valence-electron chi connectivity index (χ2n) is 5.91. The number of rotatable bonds is 7. The Balaban J connectivity index is 1.99. The van der Waals surface area contributed by atoms with Gasteiger partial charge in [0.15, 0.2) is 0 Å². The van der Waals surface area contributed by atoms with Crippen molar-refractivity contribution in [1.29, 1.82) is 0 Å². The maximum Gasteiger partial charge on any atom is 0.243 e. The fourth-order valence-electron chi connectivity index (χ4n) is 2.66. The molecule has 8 heteroatoms. The lowest BCUT2D eigenvalue weighted by molar-refractivity contribution is -0.137. The minimum Gasteiger partial charge on any atom is -0.377 e. The van der Waals surface area contributed by atoms with Crippen molar-refractivity contribution in [1.82, 2.24) is 15.5 Å². The van der Waals surface area contributed by atoms with Gasteiger partial charge < -0.3 is 15.5 Å². The van der Waals surface area contributed by atoms with E-state index in [0.717, 1.165) is 0 Å². The van der Waals surface area contributed by atoms with Crippen molar-refractivity contribution in [2.45, 2.75) is 25.2 Å². The van der Waals surface area contributed by atoms with Gasteiger partial charge in [-0.1, -0.05) is 36.9 Å². The molecule has 0 spiro atoms. The van der Waals surface area contributed by atoms with Crippen molar-refractivity contribution in [3.8, 4) is 0 Å². The Morgan fingerprint density at radius 1 is 1.38 bits per heavy atom. The molecule has 2 amide bonds. The number of carbonyl (C=O) groups excluding carboxylic acids is 2. The molecule has 2 atom stereocenters. The van der Waals surface area contributed by atoms with E-state index < -0.39 is 29.8 Å². The highest BCUT2D eigenvalue weighted by atomic mass is 35.5. The summed E-state index contributed by atoms with van der Waals surface area (Å²) in [5, 5.41) is 5.22. The molecule has 0 unspecified atom stereocenters. The molecule has 0 radical (unpaired) electrons. The highest BCUT2D eigenvalue weighted by molar-refractivity contribution is 6.30. The standard InChI is InChI=1S/C18H20ClF2N3O2/c1-3-11(2)22-9-16(25)24-10-13(20)7-15(24)18(26)23-8-12-5-4-6-14(19)17(12)21/h3-6,13,15,22H,1-2,7-10H2,(H,23,26)/t13-,15+/m1/s1. The summed E-state index contributed by atoms with van der Waals surface area (Å²) in [5.41, 5.74) is 0.661. The Morgan fingerprint density at radius 2 is 2.12 bits per heavy atom. The van der Waals surface area contributed by atoms with Gasteiger partial charge in [0.2, 0.25) is 11.8 Å². The van der Waals surface area contributed by atoms with Crippen LogP contribution in [0.5, 0.6) is 0 Å². The SMILES string of the molecule is C=CC(=C)NCC(=O)N1C[C@H](F)C[C@H]1C(=O)NCc1cccc(Cl)c1F. The normalized spacial score (nSPS) is 19.1. The van der Waals surface area contributed by atoms with Crippen LogP contribution in [-0.4, -0.2) is 42.0 Å². The lowest BCUT2D eigenvalue weighted by Crippen LogP contribution is -2.48. The van der Waals surface area contributed by atoms with Crippen molar-refractivity contribution < 1.29 is 18.4 Å². The summed E-state index contributed by atoms with van der Waals surface area (Å²) in [4.78, 5) is 25.8. The predicted octanol–water partition coefficient (Wildman–Crippen LogP) is 2.32. The van der Waals surface area contributed by atoms with Gasteiger partial charge in [0.05, 0.1) is 18.1 Å². The first-order valence-corrected chi connectivity index (χ1v) is 8.40. The summed E-state index contributed by atoms with van der Waals surface area (Å²) in [6.45, 7) is 6.74. The third kappa shape index (κ3) is 4.82. The van der Waals surface area contributed by atoms with E-state index in [4.69, 9.17) is 11.6 Å². The number of alkyl halides is 1. The fraction of sp³-hybridized carbons (Fsp3) is 0.333. The highest BCUT2D eigenvalue weighted by Crippen LogP contribution is 2.22. The van der Waals surface area contributed by atoms with Crippen LogP contribution in [-0.2, 0) is 16.1 Å². The van der Waals surface area contributed by atoms with Crippen LogP contribution in [0.25, 0.3) is 0 Å². The fourth-order valence-corrected chi connectivity index (χ4v) is 2.85. The molecule has 1 aliphatic heterocycles. The molecule has 1 saturated heterocycles. The Morgan fingerprint density at radius 3 is 2.81 bits per heavy atom. The van der Waals surface area contributed by atoms with Gasteiger partial charge >= 0.3 is 0 Å². The third-order valence-electron chi connectivity index (χ3n) is 4.07. The summed E-state index contributed by atoms with van der Waals surface area (Å²) in [6, 6.07) is 3.51. The molecular formula is C18H20ClF2N3O2. The number of amides is 2. The molecule has 1 heterocycles. The topological polar surface area (TPSA) is 61.4 Å². The minimum absolute atomic E-state index is 0.0493. The van der Waals surface area contributed by atoms with E-state index in [1.165, 1.54) is 23.1 Å². The molecule has 0 aromatic heterocycles. The second kappa shape index (κ2) is 8.80. The average Bonchev–Trinajstić information content (AvgIpc) is 3.02. The van der Waals surface area contributed by atoms with Gasteiger partial charge in [-0.25, -0.2) is 8.78 Å². The average molecular weight is 384 g/mol. The van der Waals surface area contributed by atoms with E-state index in [1.807, 2.05) is 0 Å². The largest absolute Gasteiger partial charge is 0.377 e. The number of hydrogen-bond acceptors (Lipinski definition) is 3. The molecule has 26 heavy (non-hydrogen) atoms. The van der Waals surface area contributed by atoms with E-state index in [1.54, 1.807) is 6.07 Å². The van der Waals surface area contributed by atoms with E-state index in [-0.39, 0.29) is 36.6 Å². The second-order valence-corrected chi connectivity index (χ2v) is 6.32. The number of halogens is 3. The van der Waals surface area contributed by atoms with Crippen LogP contribution in [0.3, 0.4) is 0 Å². The molecule has 0 saturated carbocycles. The number of nitrogens with one attached hydrogen (secondary N) is 2. The number of likely N-dealkylation sites (tertiary alicyclic amines) is 1. The first-order valence-electron chi connectivity index (χ1n) is 8.02. The number of carbonyl (C=O) groups is 2. The maximum atomic E-state index is 13.9. The van der Waals surface area contributed by atoms with Crippen LogP contribution < -0.4 is 10.6 Å². The molecule has 1 aromatic rings. The zero-order chi connectivity index (χ0) is 19.3.